The van der Waals surface area contributed by atoms with E-state index in [-0.39, 0.29) is 0 Å². The molecule has 0 heteroatoms. The van der Waals surface area contributed by atoms with Crippen LogP contribution in [-0.2, 0) is 6.42 Å². The maximum Gasteiger partial charge on any atom is -0.0149 e. The molecule has 0 heterocycles. The van der Waals surface area contributed by atoms with Crippen molar-refractivity contribution in [3.05, 3.63) is 47.5 Å². The highest BCUT2D eigenvalue weighted by atomic mass is 14.2. The molecule has 1 unspecified atom stereocenters. The third-order valence-electron chi connectivity index (χ3n) is 4.52. The summed E-state index contributed by atoms with van der Waals surface area (Å²) >= 11 is 0. The van der Waals surface area contributed by atoms with E-state index >= 15 is 0 Å². The highest BCUT2D eigenvalue weighted by Gasteiger charge is 2.14. The molecule has 0 nitrogen and oxygen atoms in total. The highest BCUT2D eigenvalue weighted by molar-refractivity contribution is 5.87. The third-order valence-corrected chi connectivity index (χ3v) is 4.52. The van der Waals surface area contributed by atoms with Crippen molar-refractivity contribution in [3.63, 3.8) is 0 Å². The molecule has 0 spiro atoms. The topological polar surface area (TPSA) is 0 Å². The summed E-state index contributed by atoms with van der Waals surface area (Å²) in [6.45, 7) is 6.92. The van der Waals surface area contributed by atoms with Crippen LogP contribution in [-0.4, -0.2) is 0 Å². The van der Waals surface area contributed by atoms with E-state index in [1.54, 1.807) is 11.1 Å². The van der Waals surface area contributed by atoms with Gasteiger partial charge < -0.3 is 0 Å². The Labute approximate surface area is 124 Å². The zero-order valence-electron chi connectivity index (χ0n) is 13.3. The van der Waals surface area contributed by atoms with Gasteiger partial charge in [0.2, 0.25) is 0 Å². The molecular formula is C20H28. The van der Waals surface area contributed by atoms with Crippen LogP contribution < -0.4 is 0 Å². The first-order valence-corrected chi connectivity index (χ1v) is 8.32. The van der Waals surface area contributed by atoms with E-state index < -0.39 is 0 Å². The van der Waals surface area contributed by atoms with Crippen molar-refractivity contribution in [2.45, 2.75) is 65.2 Å². The fourth-order valence-electron chi connectivity index (χ4n) is 3.35. The standard InChI is InChI=1S/C20H28/c1-4-7-8-11-16(5-2)20-15-14-17-12-9-10-13-19(17)18(20)6-3/h9-10,12-16H,4-8,11H2,1-3H3. The molecule has 0 fully saturated rings. The summed E-state index contributed by atoms with van der Waals surface area (Å²) in [5.41, 5.74) is 3.18. The van der Waals surface area contributed by atoms with E-state index in [0.717, 1.165) is 12.3 Å². The Kier molecular flexibility index (Phi) is 5.64. The second-order valence-electron chi connectivity index (χ2n) is 5.81. The van der Waals surface area contributed by atoms with E-state index in [9.17, 15) is 0 Å². The monoisotopic (exact) mass is 268 g/mol. The number of aryl methyl sites for hydroxylation is 1. The Hall–Kier alpha value is -1.30. The van der Waals surface area contributed by atoms with E-state index in [1.165, 1.54) is 42.9 Å². The SMILES string of the molecule is CCCCCC(CC)c1ccc2ccccc2c1CC. The average molecular weight is 268 g/mol. The van der Waals surface area contributed by atoms with Crippen LogP contribution in [0.2, 0.25) is 0 Å². The van der Waals surface area contributed by atoms with Gasteiger partial charge in [0, 0.05) is 0 Å². The van der Waals surface area contributed by atoms with Gasteiger partial charge in [0.15, 0.2) is 0 Å². The van der Waals surface area contributed by atoms with Crippen LogP contribution in [0.5, 0.6) is 0 Å². The smallest absolute Gasteiger partial charge is 0.0149 e. The number of benzene rings is 2. The minimum absolute atomic E-state index is 0.737. The van der Waals surface area contributed by atoms with Crippen molar-refractivity contribution in [1.82, 2.24) is 0 Å². The zero-order chi connectivity index (χ0) is 14.4. The summed E-state index contributed by atoms with van der Waals surface area (Å²) in [6, 6.07) is 13.5. The van der Waals surface area contributed by atoms with Crippen LogP contribution in [0.1, 0.15) is 69.9 Å². The Balaban J connectivity index is 2.36. The van der Waals surface area contributed by atoms with Gasteiger partial charge in [0.25, 0.3) is 0 Å². The summed E-state index contributed by atoms with van der Waals surface area (Å²) in [6.07, 6.45) is 7.79. The Morgan fingerprint density at radius 1 is 0.900 bits per heavy atom. The van der Waals surface area contributed by atoms with E-state index in [1.807, 2.05) is 0 Å². The minimum atomic E-state index is 0.737. The molecule has 2 rings (SSSR count). The fourth-order valence-corrected chi connectivity index (χ4v) is 3.35. The lowest BCUT2D eigenvalue weighted by Gasteiger charge is -2.20. The Bertz CT molecular complexity index is 539. The van der Waals surface area contributed by atoms with Crippen LogP contribution in [0.25, 0.3) is 10.8 Å². The van der Waals surface area contributed by atoms with Crippen LogP contribution in [0, 0.1) is 0 Å². The molecule has 0 amide bonds. The van der Waals surface area contributed by atoms with Gasteiger partial charge in [-0.1, -0.05) is 76.4 Å². The Morgan fingerprint density at radius 3 is 2.40 bits per heavy atom. The van der Waals surface area contributed by atoms with Crippen molar-refractivity contribution in [3.8, 4) is 0 Å². The maximum atomic E-state index is 2.39. The van der Waals surface area contributed by atoms with Crippen molar-refractivity contribution >= 4 is 10.8 Å². The van der Waals surface area contributed by atoms with Gasteiger partial charge in [0.05, 0.1) is 0 Å². The molecule has 0 saturated carbocycles. The van der Waals surface area contributed by atoms with Gasteiger partial charge in [0.1, 0.15) is 0 Å². The van der Waals surface area contributed by atoms with E-state index in [4.69, 9.17) is 0 Å². The molecule has 2 aromatic carbocycles. The quantitative estimate of drug-likeness (QED) is 0.504. The van der Waals surface area contributed by atoms with Gasteiger partial charge in [-0.15, -0.1) is 0 Å². The average Bonchev–Trinajstić information content (AvgIpc) is 2.50. The molecule has 108 valence electrons. The summed E-state index contributed by atoms with van der Waals surface area (Å²) in [5, 5.41) is 2.85. The normalized spacial score (nSPS) is 12.8. The van der Waals surface area contributed by atoms with E-state index in [2.05, 4.69) is 57.2 Å². The summed E-state index contributed by atoms with van der Waals surface area (Å²) < 4.78 is 0. The molecule has 0 aliphatic carbocycles. The molecule has 0 aliphatic heterocycles. The predicted molar refractivity (Wildman–Crippen MR) is 90.5 cm³/mol. The summed E-state index contributed by atoms with van der Waals surface area (Å²) in [7, 11) is 0. The van der Waals surface area contributed by atoms with Gasteiger partial charge in [-0.2, -0.15) is 0 Å². The van der Waals surface area contributed by atoms with Crippen LogP contribution in [0.4, 0.5) is 0 Å². The van der Waals surface area contributed by atoms with Gasteiger partial charge in [-0.25, -0.2) is 0 Å². The van der Waals surface area contributed by atoms with Crippen molar-refractivity contribution in [1.29, 1.82) is 0 Å². The number of fused-ring (bicyclic) bond motifs is 1. The lowest BCUT2D eigenvalue weighted by molar-refractivity contribution is 0.551. The first kappa shape index (κ1) is 15.1. The molecule has 0 radical (unpaired) electrons. The second kappa shape index (κ2) is 7.47. The number of rotatable bonds is 7. The van der Waals surface area contributed by atoms with Gasteiger partial charge in [-0.05, 0) is 47.1 Å². The molecule has 0 aromatic heterocycles. The molecule has 0 N–H and O–H groups in total. The van der Waals surface area contributed by atoms with Crippen LogP contribution in [0.15, 0.2) is 36.4 Å². The third kappa shape index (κ3) is 3.23. The van der Waals surface area contributed by atoms with Gasteiger partial charge in [-0.3, -0.25) is 0 Å². The molecular weight excluding hydrogens is 240 g/mol. The number of hydrogen-bond acceptors (Lipinski definition) is 0. The molecule has 1 atom stereocenters. The number of hydrogen-bond donors (Lipinski definition) is 0. The Morgan fingerprint density at radius 2 is 1.70 bits per heavy atom. The van der Waals surface area contributed by atoms with Crippen LogP contribution in [0.3, 0.4) is 0 Å². The molecule has 2 aromatic rings. The first-order valence-electron chi connectivity index (χ1n) is 8.32. The number of unbranched alkanes of at least 4 members (excludes halogenated alkanes) is 2. The van der Waals surface area contributed by atoms with Crippen molar-refractivity contribution in [2.75, 3.05) is 0 Å². The maximum absolute atomic E-state index is 2.39. The summed E-state index contributed by atoms with van der Waals surface area (Å²) in [5.74, 6) is 0.737. The van der Waals surface area contributed by atoms with Crippen molar-refractivity contribution < 1.29 is 0 Å². The second-order valence-corrected chi connectivity index (χ2v) is 5.81. The van der Waals surface area contributed by atoms with Crippen molar-refractivity contribution in [2.24, 2.45) is 0 Å². The first-order chi connectivity index (χ1) is 9.81. The molecule has 0 saturated heterocycles. The zero-order valence-corrected chi connectivity index (χ0v) is 13.3. The van der Waals surface area contributed by atoms with E-state index in [0.29, 0.717) is 0 Å². The fraction of sp³-hybridized carbons (Fsp3) is 0.500. The summed E-state index contributed by atoms with van der Waals surface area (Å²) in [4.78, 5) is 0. The lowest BCUT2D eigenvalue weighted by Crippen LogP contribution is -2.03. The highest BCUT2D eigenvalue weighted by Crippen LogP contribution is 2.33. The minimum Gasteiger partial charge on any atom is -0.0654 e. The molecule has 0 aliphatic rings. The van der Waals surface area contributed by atoms with Gasteiger partial charge >= 0.3 is 0 Å². The predicted octanol–water partition coefficient (Wildman–Crippen LogP) is 6.48. The largest absolute Gasteiger partial charge is 0.0654 e. The van der Waals surface area contributed by atoms with Crippen LogP contribution >= 0.6 is 0 Å². The molecule has 0 bridgehead atoms. The molecule has 20 heavy (non-hydrogen) atoms. The lowest BCUT2D eigenvalue weighted by atomic mass is 9.85.